The SMILES string of the molecule is CCn1c(CO)nnc1C12CC3CC(C)(CC(C)(C3)C1)C2. The summed E-state index contributed by atoms with van der Waals surface area (Å²) in [5.74, 6) is 2.75. The Bertz CT molecular complexity index is 561. The van der Waals surface area contributed by atoms with E-state index in [0.717, 1.165) is 24.1 Å². The summed E-state index contributed by atoms with van der Waals surface area (Å²) in [5, 5.41) is 18.4. The second-order valence-electron chi connectivity index (χ2n) is 8.75. The summed E-state index contributed by atoms with van der Waals surface area (Å²) in [5.41, 5.74) is 1.18. The first-order valence-corrected chi connectivity index (χ1v) is 8.44. The normalized spacial score (nSPS) is 44.5. The first kappa shape index (κ1) is 13.7. The van der Waals surface area contributed by atoms with Crippen molar-refractivity contribution in [1.82, 2.24) is 14.8 Å². The number of nitrogens with zero attached hydrogens (tertiary/aromatic N) is 3. The third-order valence-electron chi connectivity index (χ3n) is 6.39. The maximum atomic E-state index is 9.52. The minimum absolute atomic E-state index is 0.00508. The van der Waals surface area contributed by atoms with Crippen molar-refractivity contribution < 1.29 is 5.11 Å². The maximum absolute atomic E-state index is 9.52. The number of aliphatic hydroxyl groups is 1. The molecule has 0 aliphatic heterocycles. The first-order chi connectivity index (χ1) is 9.91. The zero-order valence-electron chi connectivity index (χ0n) is 13.5. The van der Waals surface area contributed by atoms with E-state index in [-0.39, 0.29) is 12.0 Å². The standard InChI is InChI=1S/C17H27N3O/c1-4-20-13(8-21)18-19-14(20)17-7-12-5-15(2,10-17)9-16(3,6-12)11-17/h12,21H,4-11H2,1-3H3. The quantitative estimate of drug-likeness (QED) is 0.930. The summed E-state index contributed by atoms with van der Waals surface area (Å²) in [4.78, 5) is 0. The van der Waals surface area contributed by atoms with Crippen molar-refractivity contribution in [1.29, 1.82) is 0 Å². The maximum Gasteiger partial charge on any atom is 0.158 e. The molecule has 4 aliphatic rings. The molecule has 0 aromatic carbocycles. The van der Waals surface area contributed by atoms with Crippen molar-refractivity contribution in [3.63, 3.8) is 0 Å². The molecule has 2 unspecified atom stereocenters. The monoisotopic (exact) mass is 289 g/mol. The molecule has 4 heteroatoms. The van der Waals surface area contributed by atoms with Crippen molar-refractivity contribution >= 4 is 0 Å². The third-order valence-corrected chi connectivity index (χ3v) is 6.39. The second-order valence-corrected chi connectivity index (χ2v) is 8.75. The van der Waals surface area contributed by atoms with E-state index in [1.165, 1.54) is 38.5 Å². The topological polar surface area (TPSA) is 50.9 Å². The van der Waals surface area contributed by atoms with Gasteiger partial charge in [0.15, 0.2) is 5.82 Å². The molecule has 116 valence electrons. The number of hydrogen-bond donors (Lipinski definition) is 1. The van der Waals surface area contributed by atoms with Crippen LogP contribution in [0.4, 0.5) is 0 Å². The van der Waals surface area contributed by atoms with E-state index in [1.807, 2.05) is 0 Å². The predicted molar refractivity (Wildman–Crippen MR) is 80.7 cm³/mol. The largest absolute Gasteiger partial charge is 0.388 e. The van der Waals surface area contributed by atoms with Crippen LogP contribution in [0.5, 0.6) is 0 Å². The fourth-order valence-corrected chi connectivity index (χ4v) is 6.87. The van der Waals surface area contributed by atoms with E-state index in [4.69, 9.17) is 0 Å². The lowest BCUT2D eigenvalue weighted by atomic mass is 9.40. The highest BCUT2D eigenvalue weighted by Gasteiger charge is 2.62. The van der Waals surface area contributed by atoms with Gasteiger partial charge in [-0.3, -0.25) is 0 Å². The smallest absolute Gasteiger partial charge is 0.158 e. The summed E-state index contributed by atoms with van der Waals surface area (Å²) in [6.45, 7) is 7.97. The van der Waals surface area contributed by atoms with Gasteiger partial charge in [-0.25, -0.2) is 0 Å². The van der Waals surface area contributed by atoms with Gasteiger partial charge < -0.3 is 9.67 Å². The van der Waals surface area contributed by atoms with Gasteiger partial charge in [0, 0.05) is 12.0 Å². The molecule has 0 spiro atoms. The van der Waals surface area contributed by atoms with Crippen molar-refractivity contribution in [3.8, 4) is 0 Å². The Labute approximate surface area is 127 Å². The van der Waals surface area contributed by atoms with E-state index in [0.29, 0.717) is 10.8 Å². The van der Waals surface area contributed by atoms with E-state index in [9.17, 15) is 5.11 Å². The molecule has 4 aliphatic carbocycles. The van der Waals surface area contributed by atoms with Gasteiger partial charge in [-0.1, -0.05) is 13.8 Å². The lowest BCUT2D eigenvalue weighted by Crippen LogP contribution is -2.57. The molecular weight excluding hydrogens is 262 g/mol. The summed E-state index contributed by atoms with van der Waals surface area (Å²) < 4.78 is 2.18. The van der Waals surface area contributed by atoms with Crippen LogP contribution in [-0.2, 0) is 18.6 Å². The number of hydrogen-bond acceptors (Lipinski definition) is 3. The molecule has 0 saturated heterocycles. The van der Waals surface area contributed by atoms with E-state index in [1.54, 1.807) is 0 Å². The highest BCUT2D eigenvalue weighted by molar-refractivity contribution is 5.23. The molecule has 1 heterocycles. The summed E-state index contributed by atoms with van der Waals surface area (Å²) in [6, 6.07) is 0. The van der Waals surface area contributed by atoms with Crippen molar-refractivity contribution in [2.24, 2.45) is 16.7 Å². The zero-order valence-corrected chi connectivity index (χ0v) is 13.5. The van der Waals surface area contributed by atoms with Gasteiger partial charge in [-0.2, -0.15) is 0 Å². The number of aliphatic hydroxyl groups excluding tert-OH is 1. The average Bonchev–Trinajstić information content (AvgIpc) is 2.77. The molecule has 2 atom stereocenters. The van der Waals surface area contributed by atoms with Crippen LogP contribution in [0.1, 0.15) is 70.9 Å². The summed E-state index contributed by atoms with van der Waals surface area (Å²) in [6.07, 6.45) is 7.98. The van der Waals surface area contributed by atoms with Gasteiger partial charge in [0.2, 0.25) is 0 Å². The van der Waals surface area contributed by atoms with Crippen LogP contribution in [0, 0.1) is 16.7 Å². The molecule has 4 fully saturated rings. The Morgan fingerprint density at radius 1 is 1.10 bits per heavy atom. The van der Waals surface area contributed by atoms with Gasteiger partial charge >= 0.3 is 0 Å². The molecule has 1 aromatic heterocycles. The Balaban J connectivity index is 1.83. The highest BCUT2D eigenvalue weighted by Crippen LogP contribution is 2.69. The summed E-state index contributed by atoms with van der Waals surface area (Å²) >= 11 is 0. The molecule has 1 aromatic rings. The molecule has 4 saturated carbocycles. The van der Waals surface area contributed by atoms with E-state index >= 15 is 0 Å². The van der Waals surface area contributed by atoms with Gasteiger partial charge in [0.1, 0.15) is 12.4 Å². The van der Waals surface area contributed by atoms with Crippen LogP contribution in [0.2, 0.25) is 0 Å². The molecule has 21 heavy (non-hydrogen) atoms. The molecule has 0 radical (unpaired) electrons. The molecule has 4 nitrogen and oxygen atoms in total. The van der Waals surface area contributed by atoms with Crippen LogP contribution in [0.25, 0.3) is 0 Å². The number of rotatable bonds is 3. The number of aromatic nitrogens is 3. The van der Waals surface area contributed by atoms with Gasteiger partial charge in [-0.15, -0.1) is 10.2 Å². The molecule has 4 bridgehead atoms. The van der Waals surface area contributed by atoms with Crippen molar-refractivity contribution in [2.75, 3.05) is 0 Å². The average molecular weight is 289 g/mol. The fourth-order valence-electron chi connectivity index (χ4n) is 6.87. The minimum atomic E-state index is -0.00508. The van der Waals surface area contributed by atoms with Crippen molar-refractivity contribution in [3.05, 3.63) is 11.6 Å². The van der Waals surface area contributed by atoms with E-state index < -0.39 is 0 Å². The van der Waals surface area contributed by atoms with Crippen LogP contribution < -0.4 is 0 Å². The molecule has 0 amide bonds. The Morgan fingerprint density at radius 3 is 2.29 bits per heavy atom. The molecule has 1 N–H and O–H groups in total. The lowest BCUT2D eigenvalue weighted by molar-refractivity contribution is -0.113. The Hall–Kier alpha value is -0.900. The Kier molecular flexibility index (Phi) is 2.68. The molecule has 5 rings (SSSR count). The molecular formula is C17H27N3O. The Morgan fingerprint density at radius 2 is 1.76 bits per heavy atom. The third kappa shape index (κ3) is 1.84. The van der Waals surface area contributed by atoms with Gasteiger partial charge in [0.25, 0.3) is 0 Å². The zero-order chi connectivity index (χ0) is 14.9. The highest BCUT2D eigenvalue weighted by atomic mass is 16.3. The predicted octanol–water partition coefficient (Wildman–Crippen LogP) is 3.04. The second kappa shape index (κ2) is 4.09. The van der Waals surface area contributed by atoms with Crippen LogP contribution >= 0.6 is 0 Å². The van der Waals surface area contributed by atoms with Gasteiger partial charge in [-0.05, 0) is 62.2 Å². The first-order valence-electron chi connectivity index (χ1n) is 8.44. The van der Waals surface area contributed by atoms with Crippen molar-refractivity contribution in [2.45, 2.75) is 77.9 Å². The van der Waals surface area contributed by atoms with Crippen LogP contribution in [-0.4, -0.2) is 19.9 Å². The fraction of sp³-hybridized carbons (Fsp3) is 0.882. The minimum Gasteiger partial charge on any atom is -0.388 e. The van der Waals surface area contributed by atoms with Crippen LogP contribution in [0.3, 0.4) is 0 Å². The van der Waals surface area contributed by atoms with Crippen LogP contribution in [0.15, 0.2) is 0 Å². The summed E-state index contributed by atoms with van der Waals surface area (Å²) in [7, 11) is 0. The lowest BCUT2D eigenvalue weighted by Gasteiger charge is -2.65. The van der Waals surface area contributed by atoms with E-state index in [2.05, 4.69) is 35.5 Å². The van der Waals surface area contributed by atoms with Gasteiger partial charge in [0.05, 0.1) is 0 Å².